The second-order valence-electron chi connectivity index (χ2n) is 17.7. The van der Waals surface area contributed by atoms with Crippen molar-refractivity contribution in [2.24, 2.45) is 0 Å². The van der Waals surface area contributed by atoms with Gasteiger partial charge in [0.15, 0.2) is 0 Å². The first-order valence-corrected chi connectivity index (χ1v) is 20.7. The zero-order chi connectivity index (χ0) is 38.3. The lowest BCUT2D eigenvalue weighted by molar-refractivity contribution is 0.839. The van der Waals surface area contributed by atoms with Crippen molar-refractivity contribution in [3.63, 3.8) is 0 Å². The van der Waals surface area contributed by atoms with Crippen molar-refractivity contribution in [3.8, 4) is 22.3 Å². The first-order valence-electron chi connectivity index (χ1n) is 20.7. The number of hydrogen-bond acceptors (Lipinski definition) is 0. The molecule has 0 N–H and O–H groups in total. The molecular formula is C54H48N2. The van der Waals surface area contributed by atoms with Gasteiger partial charge in [-0.05, 0) is 92.4 Å². The number of hydrogen-bond donors (Lipinski definition) is 0. The maximum absolute atomic E-state index is 2.69. The van der Waals surface area contributed by atoms with Crippen molar-refractivity contribution in [1.82, 2.24) is 8.80 Å². The van der Waals surface area contributed by atoms with Gasteiger partial charge in [0.2, 0.25) is 0 Å². The predicted molar refractivity (Wildman–Crippen MR) is 243 cm³/mol. The highest BCUT2D eigenvalue weighted by atomic mass is 14.9. The van der Waals surface area contributed by atoms with E-state index in [0.717, 1.165) is 0 Å². The Kier molecular flexibility index (Phi) is 7.07. The maximum atomic E-state index is 2.69. The molecule has 0 radical (unpaired) electrons. The molecule has 0 bridgehead atoms. The summed E-state index contributed by atoms with van der Waals surface area (Å²) >= 11 is 0. The molecule has 0 saturated heterocycles. The first-order chi connectivity index (χ1) is 27.1. The summed E-state index contributed by atoms with van der Waals surface area (Å²) in [5.74, 6) is 1.56. The fraction of sp³-hybridized carbons (Fsp3) is 0.222. The number of nitrogens with zero attached hydrogens (tertiary/aromatic N) is 2. The molecule has 0 unspecified atom stereocenters. The molecular weight excluding hydrogens is 677 g/mol. The van der Waals surface area contributed by atoms with Crippen molar-refractivity contribution in [1.29, 1.82) is 0 Å². The normalized spacial score (nSPS) is 12.9. The van der Waals surface area contributed by atoms with Gasteiger partial charge >= 0.3 is 0 Å². The molecule has 0 aliphatic rings. The first kappa shape index (κ1) is 33.5. The van der Waals surface area contributed by atoms with Crippen LogP contribution in [0, 0.1) is 0 Å². The van der Waals surface area contributed by atoms with Crippen LogP contribution in [0.5, 0.6) is 0 Å². The van der Waals surface area contributed by atoms with Crippen molar-refractivity contribution in [2.45, 2.75) is 79.1 Å². The van der Waals surface area contributed by atoms with Crippen LogP contribution in [0.15, 0.2) is 121 Å². The van der Waals surface area contributed by atoms with Crippen molar-refractivity contribution in [3.05, 3.63) is 144 Å². The summed E-state index contributed by atoms with van der Waals surface area (Å²) in [7, 11) is 0. The van der Waals surface area contributed by atoms with Crippen LogP contribution in [0.1, 0.15) is 101 Å². The molecule has 2 nitrogen and oxygen atoms in total. The van der Waals surface area contributed by atoms with Gasteiger partial charge in [-0.3, -0.25) is 0 Å². The highest BCUT2D eigenvalue weighted by Gasteiger charge is 2.31. The third-order valence-corrected chi connectivity index (χ3v) is 13.0. The van der Waals surface area contributed by atoms with Gasteiger partial charge in [-0.2, -0.15) is 0 Å². The van der Waals surface area contributed by atoms with E-state index >= 15 is 0 Å². The summed E-state index contributed by atoms with van der Waals surface area (Å²) in [4.78, 5) is 0. The molecule has 4 aromatic heterocycles. The van der Waals surface area contributed by atoms with Crippen LogP contribution < -0.4 is 0 Å². The largest absolute Gasteiger partial charge is 0.308 e. The van der Waals surface area contributed by atoms with Crippen molar-refractivity contribution in [2.75, 3.05) is 0 Å². The monoisotopic (exact) mass is 724 g/mol. The van der Waals surface area contributed by atoms with Crippen LogP contribution in [-0.2, 0) is 0 Å². The maximum Gasteiger partial charge on any atom is 0.0634 e. The van der Waals surface area contributed by atoms with Crippen LogP contribution in [0.25, 0.3) is 98.4 Å². The van der Waals surface area contributed by atoms with E-state index in [1.807, 2.05) is 0 Å². The highest BCUT2D eigenvalue weighted by molar-refractivity contribution is 6.45. The van der Waals surface area contributed by atoms with Crippen molar-refractivity contribution < 1.29 is 0 Å². The van der Waals surface area contributed by atoms with E-state index in [1.165, 1.54) is 121 Å². The van der Waals surface area contributed by atoms with Gasteiger partial charge in [0.1, 0.15) is 0 Å². The zero-order valence-electron chi connectivity index (χ0n) is 33.8. The fourth-order valence-electron chi connectivity index (χ4n) is 10.2. The molecule has 56 heavy (non-hydrogen) atoms. The Morgan fingerprint density at radius 3 is 1.05 bits per heavy atom. The fourth-order valence-corrected chi connectivity index (χ4v) is 10.2. The van der Waals surface area contributed by atoms with Gasteiger partial charge in [-0.15, -0.1) is 0 Å². The molecule has 0 aliphatic carbocycles. The quantitative estimate of drug-likeness (QED) is 0.161. The van der Waals surface area contributed by atoms with Crippen LogP contribution in [0.4, 0.5) is 0 Å². The second kappa shape index (κ2) is 11.8. The summed E-state index contributed by atoms with van der Waals surface area (Å²) in [5.41, 5.74) is 18.7. The van der Waals surface area contributed by atoms with E-state index in [0.29, 0.717) is 23.7 Å². The Labute approximate surface area is 328 Å². The summed E-state index contributed by atoms with van der Waals surface area (Å²) in [6, 6.07) is 46.4. The van der Waals surface area contributed by atoms with Gasteiger partial charge in [-0.25, -0.2) is 0 Å². The summed E-state index contributed by atoms with van der Waals surface area (Å²) in [6.45, 7) is 18.9. The molecule has 11 rings (SSSR count). The molecule has 0 fully saturated rings. The number of fused-ring (bicyclic) bond motifs is 14. The lowest BCUT2D eigenvalue weighted by Crippen LogP contribution is -1.96. The Bertz CT molecular complexity index is 3110. The Balaban J connectivity index is 1.48. The predicted octanol–water partition coefficient (Wildman–Crippen LogP) is 15.8. The average Bonchev–Trinajstić information content (AvgIpc) is 3.93. The minimum Gasteiger partial charge on any atom is -0.308 e. The SMILES string of the molecule is CC(C)c1cc(C(C)C)c2c(c1)c1c3c4ccc(-c5ccccc5)cc4n4c5c(C(C)C)cc(C(C)C)cc5c(c5c6ccc(-c7ccccc7)cc6n2c51)c34. The van der Waals surface area contributed by atoms with E-state index in [9.17, 15) is 0 Å². The molecule has 2 heteroatoms. The average molecular weight is 725 g/mol. The van der Waals surface area contributed by atoms with Gasteiger partial charge < -0.3 is 8.80 Å². The third kappa shape index (κ3) is 4.39. The Morgan fingerprint density at radius 1 is 0.321 bits per heavy atom. The molecule has 4 heterocycles. The van der Waals surface area contributed by atoms with Crippen LogP contribution in [0.2, 0.25) is 0 Å². The summed E-state index contributed by atoms with van der Waals surface area (Å²) in [6.07, 6.45) is 0. The molecule has 7 aromatic carbocycles. The van der Waals surface area contributed by atoms with Gasteiger partial charge in [0.05, 0.1) is 33.1 Å². The van der Waals surface area contributed by atoms with E-state index in [-0.39, 0.29) is 0 Å². The lowest BCUT2D eigenvalue weighted by atomic mass is 9.89. The van der Waals surface area contributed by atoms with Crippen LogP contribution >= 0.6 is 0 Å². The minimum atomic E-state index is 0.363. The number of rotatable bonds is 6. The molecule has 274 valence electrons. The topological polar surface area (TPSA) is 8.82 Å². The number of aromatic nitrogens is 2. The Hall–Kier alpha value is -5.86. The van der Waals surface area contributed by atoms with Gasteiger partial charge in [0, 0.05) is 43.1 Å². The molecule has 0 saturated carbocycles. The Morgan fingerprint density at radius 2 is 0.696 bits per heavy atom. The lowest BCUT2D eigenvalue weighted by Gasteiger charge is -2.15. The molecule has 0 spiro atoms. The van der Waals surface area contributed by atoms with E-state index < -0.39 is 0 Å². The van der Waals surface area contributed by atoms with E-state index in [1.54, 1.807) is 0 Å². The summed E-state index contributed by atoms with van der Waals surface area (Å²) in [5, 5.41) is 11.0. The van der Waals surface area contributed by atoms with E-state index in [2.05, 4.69) is 186 Å². The smallest absolute Gasteiger partial charge is 0.0634 e. The standard InChI is InChI=1S/C54H48N2/c1-29(2)37-23-41(31(5)6)51-43(25-37)49-47-39-21-19-36(34-17-13-10-14-18-34)28-46(39)56-52-42(32(7)8)24-38(30(3)4)26-44(52)50(54(47)56)48-40-22-20-35(33-15-11-9-12-16-33)27-45(40)55(51)53(48)49/h9-32H,1-8H3. The second-order valence-corrected chi connectivity index (χ2v) is 17.7. The molecule has 11 aromatic rings. The number of benzene rings is 7. The van der Waals surface area contributed by atoms with E-state index in [4.69, 9.17) is 0 Å². The van der Waals surface area contributed by atoms with Crippen LogP contribution in [0.3, 0.4) is 0 Å². The summed E-state index contributed by atoms with van der Waals surface area (Å²) < 4.78 is 5.37. The molecule has 0 aliphatic heterocycles. The minimum absolute atomic E-state index is 0.363. The highest BCUT2D eigenvalue weighted by Crippen LogP contribution is 2.54. The van der Waals surface area contributed by atoms with Gasteiger partial charge in [-0.1, -0.05) is 152 Å². The third-order valence-electron chi connectivity index (χ3n) is 13.0. The van der Waals surface area contributed by atoms with Crippen LogP contribution in [-0.4, -0.2) is 8.80 Å². The molecule has 0 amide bonds. The van der Waals surface area contributed by atoms with Crippen molar-refractivity contribution >= 4 is 76.2 Å². The zero-order valence-corrected chi connectivity index (χ0v) is 33.8. The van der Waals surface area contributed by atoms with Gasteiger partial charge in [0.25, 0.3) is 0 Å². The molecule has 0 atom stereocenters.